The van der Waals surface area contributed by atoms with Crippen LogP contribution in [0, 0.1) is 5.82 Å². The molecule has 2 rings (SSSR count). The number of carbonyl (C=O) groups is 1. The van der Waals surface area contributed by atoms with Crippen LogP contribution in [0.5, 0.6) is 0 Å². The monoisotopic (exact) mass is 257 g/mol. The molecule has 0 saturated heterocycles. The van der Waals surface area contributed by atoms with Crippen LogP contribution in [0.2, 0.25) is 0 Å². The number of carboxylic acid groups (broad SMARTS) is 1. The zero-order chi connectivity index (χ0) is 13.7. The Hall–Kier alpha value is -2.49. The average Bonchev–Trinajstić information content (AvgIpc) is 2.39. The van der Waals surface area contributed by atoms with E-state index in [1.165, 1.54) is 12.1 Å². The molecule has 0 fully saturated rings. The summed E-state index contributed by atoms with van der Waals surface area (Å²) in [6, 6.07) is 13.0. The lowest BCUT2D eigenvalue weighted by Crippen LogP contribution is -1.99. The van der Waals surface area contributed by atoms with Crippen molar-refractivity contribution in [2.45, 2.75) is 6.42 Å². The summed E-state index contributed by atoms with van der Waals surface area (Å²) in [5, 5.41) is 8.65. The summed E-state index contributed by atoms with van der Waals surface area (Å²) in [6.07, 6.45) is 1.63. The lowest BCUT2D eigenvalue weighted by molar-refractivity contribution is -0.136. The number of aliphatic imine (C=N–C) groups is 1. The first-order chi connectivity index (χ1) is 9.13. The minimum absolute atomic E-state index is 0.00194. The van der Waals surface area contributed by atoms with Gasteiger partial charge in [0.25, 0.3) is 0 Å². The second kappa shape index (κ2) is 5.91. The Morgan fingerprint density at radius 3 is 2.32 bits per heavy atom. The van der Waals surface area contributed by atoms with E-state index in [9.17, 15) is 9.18 Å². The Labute approximate surface area is 110 Å². The summed E-state index contributed by atoms with van der Waals surface area (Å²) in [6.45, 7) is 0. The van der Waals surface area contributed by atoms with E-state index in [0.29, 0.717) is 0 Å². The maximum absolute atomic E-state index is 12.7. The molecule has 0 aliphatic rings. The first-order valence-corrected chi connectivity index (χ1v) is 5.74. The quantitative estimate of drug-likeness (QED) is 0.855. The van der Waals surface area contributed by atoms with Crippen molar-refractivity contribution < 1.29 is 14.3 Å². The first-order valence-electron chi connectivity index (χ1n) is 5.74. The smallest absolute Gasteiger partial charge is 0.307 e. The van der Waals surface area contributed by atoms with Crippen molar-refractivity contribution in [1.29, 1.82) is 0 Å². The van der Waals surface area contributed by atoms with Crippen LogP contribution in [-0.4, -0.2) is 17.3 Å². The number of rotatable bonds is 4. The van der Waals surface area contributed by atoms with Crippen molar-refractivity contribution in [1.82, 2.24) is 0 Å². The van der Waals surface area contributed by atoms with E-state index in [-0.39, 0.29) is 12.2 Å². The molecule has 19 heavy (non-hydrogen) atoms. The molecule has 2 aromatic carbocycles. The zero-order valence-electron chi connectivity index (χ0n) is 10.1. The van der Waals surface area contributed by atoms with Crippen LogP contribution in [0.4, 0.5) is 10.1 Å². The van der Waals surface area contributed by atoms with E-state index in [1.54, 1.807) is 42.6 Å². The fourth-order valence-electron chi connectivity index (χ4n) is 1.57. The molecule has 0 aliphatic carbocycles. The van der Waals surface area contributed by atoms with Crippen molar-refractivity contribution in [3.8, 4) is 0 Å². The third-order valence-electron chi connectivity index (χ3n) is 2.52. The van der Waals surface area contributed by atoms with Gasteiger partial charge in [-0.1, -0.05) is 24.3 Å². The molecule has 0 saturated carbocycles. The Morgan fingerprint density at radius 1 is 1.11 bits per heavy atom. The highest BCUT2D eigenvalue weighted by atomic mass is 19.1. The topological polar surface area (TPSA) is 49.7 Å². The lowest BCUT2D eigenvalue weighted by Gasteiger charge is -1.98. The van der Waals surface area contributed by atoms with Gasteiger partial charge in [-0.2, -0.15) is 0 Å². The van der Waals surface area contributed by atoms with E-state index < -0.39 is 5.97 Å². The van der Waals surface area contributed by atoms with Crippen molar-refractivity contribution in [2.75, 3.05) is 0 Å². The zero-order valence-corrected chi connectivity index (χ0v) is 10.1. The van der Waals surface area contributed by atoms with Crippen LogP contribution in [0.3, 0.4) is 0 Å². The number of hydrogen-bond donors (Lipinski definition) is 1. The number of halogens is 1. The molecular weight excluding hydrogens is 245 g/mol. The largest absolute Gasteiger partial charge is 0.481 e. The molecule has 3 nitrogen and oxygen atoms in total. The third kappa shape index (κ3) is 4.03. The van der Waals surface area contributed by atoms with Crippen molar-refractivity contribution in [3.05, 3.63) is 65.5 Å². The molecule has 0 bridgehead atoms. The SMILES string of the molecule is O=C(O)Cc1ccc(/N=C/c2ccc(F)cc2)cc1. The highest BCUT2D eigenvalue weighted by molar-refractivity contribution is 5.81. The molecule has 0 heterocycles. The minimum Gasteiger partial charge on any atom is -0.481 e. The molecule has 0 amide bonds. The van der Waals surface area contributed by atoms with Crippen molar-refractivity contribution in [2.24, 2.45) is 4.99 Å². The van der Waals surface area contributed by atoms with Crippen molar-refractivity contribution >= 4 is 17.9 Å². The van der Waals surface area contributed by atoms with Gasteiger partial charge in [0.15, 0.2) is 0 Å². The summed E-state index contributed by atoms with van der Waals surface area (Å²) in [7, 11) is 0. The molecule has 0 atom stereocenters. The van der Waals surface area contributed by atoms with Crippen molar-refractivity contribution in [3.63, 3.8) is 0 Å². The summed E-state index contributed by atoms with van der Waals surface area (Å²) in [5.74, 6) is -1.14. The van der Waals surface area contributed by atoms with Crippen LogP contribution in [0.25, 0.3) is 0 Å². The maximum Gasteiger partial charge on any atom is 0.307 e. The summed E-state index contributed by atoms with van der Waals surface area (Å²) < 4.78 is 12.7. The second-order valence-corrected chi connectivity index (χ2v) is 4.05. The lowest BCUT2D eigenvalue weighted by atomic mass is 10.1. The van der Waals surface area contributed by atoms with Gasteiger partial charge in [0.1, 0.15) is 5.82 Å². The molecule has 0 radical (unpaired) electrons. The van der Waals surface area contributed by atoms with E-state index in [1.807, 2.05) is 0 Å². The van der Waals surface area contributed by atoms with Gasteiger partial charge in [0.2, 0.25) is 0 Å². The standard InChI is InChI=1S/C15H12FNO2/c16-13-5-1-12(2-6-13)10-17-14-7-3-11(4-8-14)9-15(18)19/h1-8,10H,9H2,(H,18,19)/b17-10+. The van der Waals surface area contributed by atoms with E-state index in [0.717, 1.165) is 16.8 Å². The van der Waals surface area contributed by atoms with E-state index in [2.05, 4.69) is 4.99 Å². The second-order valence-electron chi connectivity index (χ2n) is 4.05. The van der Waals surface area contributed by atoms with Gasteiger partial charge in [0.05, 0.1) is 12.1 Å². The number of nitrogens with zero attached hydrogens (tertiary/aromatic N) is 1. The average molecular weight is 257 g/mol. The molecule has 0 unspecified atom stereocenters. The van der Waals surface area contributed by atoms with E-state index >= 15 is 0 Å². The van der Waals surface area contributed by atoms with Gasteiger partial charge >= 0.3 is 5.97 Å². The first kappa shape index (κ1) is 13.0. The van der Waals surface area contributed by atoms with Gasteiger partial charge in [0, 0.05) is 6.21 Å². The van der Waals surface area contributed by atoms with Gasteiger partial charge in [-0.3, -0.25) is 9.79 Å². The van der Waals surface area contributed by atoms with Gasteiger partial charge in [-0.15, -0.1) is 0 Å². The highest BCUT2D eigenvalue weighted by Crippen LogP contribution is 2.13. The highest BCUT2D eigenvalue weighted by Gasteiger charge is 1.99. The molecule has 4 heteroatoms. The predicted octanol–water partition coefficient (Wildman–Crippen LogP) is 3.20. The molecule has 1 N–H and O–H groups in total. The third-order valence-corrected chi connectivity index (χ3v) is 2.52. The van der Waals surface area contributed by atoms with Crippen LogP contribution >= 0.6 is 0 Å². The number of aliphatic carboxylic acids is 1. The van der Waals surface area contributed by atoms with Gasteiger partial charge in [-0.25, -0.2) is 4.39 Å². The Balaban J connectivity index is 2.06. The maximum atomic E-state index is 12.7. The van der Waals surface area contributed by atoms with E-state index in [4.69, 9.17) is 5.11 Å². The molecule has 0 spiro atoms. The molecule has 0 aromatic heterocycles. The summed E-state index contributed by atoms with van der Waals surface area (Å²) in [5.41, 5.74) is 2.25. The van der Waals surface area contributed by atoms with Crippen LogP contribution in [0.15, 0.2) is 53.5 Å². The van der Waals surface area contributed by atoms with Crippen LogP contribution in [-0.2, 0) is 11.2 Å². The minimum atomic E-state index is -0.859. The fourth-order valence-corrected chi connectivity index (χ4v) is 1.57. The Bertz CT molecular complexity index is 589. The summed E-state index contributed by atoms with van der Waals surface area (Å²) in [4.78, 5) is 14.8. The molecule has 96 valence electrons. The van der Waals surface area contributed by atoms with Gasteiger partial charge in [-0.05, 0) is 35.4 Å². The number of hydrogen-bond acceptors (Lipinski definition) is 2. The normalized spacial score (nSPS) is 10.8. The predicted molar refractivity (Wildman–Crippen MR) is 71.4 cm³/mol. The van der Waals surface area contributed by atoms with Crippen LogP contribution in [0.1, 0.15) is 11.1 Å². The number of benzene rings is 2. The van der Waals surface area contributed by atoms with Crippen LogP contribution < -0.4 is 0 Å². The fraction of sp³-hybridized carbons (Fsp3) is 0.0667. The Morgan fingerprint density at radius 2 is 1.74 bits per heavy atom. The van der Waals surface area contributed by atoms with Gasteiger partial charge < -0.3 is 5.11 Å². The molecule has 0 aliphatic heterocycles. The number of carboxylic acids is 1. The summed E-state index contributed by atoms with van der Waals surface area (Å²) >= 11 is 0. The Kier molecular flexibility index (Phi) is 4.03. The molecular formula is C15H12FNO2. The molecule has 2 aromatic rings.